The molecule has 0 radical (unpaired) electrons. The summed E-state index contributed by atoms with van der Waals surface area (Å²) in [6.07, 6.45) is 0.323. The van der Waals surface area contributed by atoms with Crippen LogP contribution in [0.25, 0.3) is 0 Å². The molecule has 0 fully saturated rings. The van der Waals surface area contributed by atoms with E-state index in [1.165, 1.54) is 0 Å². The largest absolute Gasteiger partial charge is 0.387 e. The second kappa shape index (κ2) is 5.82. The van der Waals surface area contributed by atoms with Crippen molar-refractivity contribution in [1.29, 1.82) is 0 Å². The second-order valence-corrected chi connectivity index (χ2v) is 5.07. The Hall–Kier alpha value is -1.62. The fourth-order valence-electron chi connectivity index (χ4n) is 1.64. The first-order chi connectivity index (χ1) is 8.66. The Bertz CT molecular complexity index is 485. The fourth-order valence-corrected chi connectivity index (χ4v) is 1.78. The van der Waals surface area contributed by atoms with E-state index in [0.29, 0.717) is 18.7 Å². The minimum absolute atomic E-state index is 0.167. The van der Waals surface area contributed by atoms with Crippen molar-refractivity contribution in [3.05, 3.63) is 47.0 Å². The van der Waals surface area contributed by atoms with Gasteiger partial charge in [0.05, 0.1) is 0 Å². The maximum Gasteiger partial charge on any atom is 0.269 e. The van der Waals surface area contributed by atoms with E-state index in [2.05, 4.69) is 33.0 Å². The third kappa shape index (κ3) is 3.20. The van der Waals surface area contributed by atoms with Gasteiger partial charge < -0.3 is 10.2 Å². The van der Waals surface area contributed by atoms with Crippen LogP contribution in [0.3, 0.4) is 0 Å². The third-order valence-electron chi connectivity index (χ3n) is 2.54. The van der Waals surface area contributed by atoms with E-state index in [0.717, 1.165) is 10.0 Å². The number of carbonyl (C=O) groups excluding carboxylic acids is 1. The van der Waals surface area contributed by atoms with Gasteiger partial charge in [-0.25, -0.2) is 0 Å². The first kappa shape index (κ1) is 12.8. The van der Waals surface area contributed by atoms with E-state index in [-0.39, 0.29) is 12.0 Å². The first-order valence-corrected chi connectivity index (χ1v) is 6.35. The molecule has 1 aliphatic heterocycles. The molecule has 1 N–H and O–H groups in total. The number of benzene rings is 1. The van der Waals surface area contributed by atoms with Crippen molar-refractivity contribution in [2.45, 2.75) is 12.5 Å². The number of hydrogen-bond donors (Lipinski definition) is 1. The molecule has 1 atom stereocenters. The van der Waals surface area contributed by atoms with Gasteiger partial charge in [-0.3, -0.25) is 4.79 Å². The lowest BCUT2D eigenvalue weighted by molar-refractivity contribution is -0.114. The number of hydrogen-bond acceptors (Lipinski definition) is 3. The molecule has 5 heteroatoms. The Labute approximate surface area is 114 Å². The van der Waals surface area contributed by atoms with Crippen molar-refractivity contribution < 1.29 is 9.63 Å². The molecule has 0 saturated carbocycles. The summed E-state index contributed by atoms with van der Waals surface area (Å²) < 4.78 is 0.718. The van der Waals surface area contributed by atoms with Crippen molar-refractivity contribution in [1.82, 2.24) is 5.32 Å². The maximum absolute atomic E-state index is 11.7. The average molecular weight is 309 g/mol. The molecule has 18 heavy (non-hydrogen) atoms. The van der Waals surface area contributed by atoms with Gasteiger partial charge in [0.25, 0.3) is 5.91 Å². The lowest BCUT2D eigenvalue weighted by Gasteiger charge is -2.07. The molecule has 1 amide bonds. The maximum atomic E-state index is 11.7. The van der Waals surface area contributed by atoms with Crippen molar-refractivity contribution >= 4 is 27.5 Å². The molecule has 1 aliphatic rings. The Balaban J connectivity index is 1.91. The van der Waals surface area contributed by atoms with Gasteiger partial charge in [0.2, 0.25) is 0 Å². The highest BCUT2D eigenvalue weighted by molar-refractivity contribution is 9.11. The zero-order valence-electron chi connectivity index (χ0n) is 9.73. The van der Waals surface area contributed by atoms with E-state index in [1.54, 1.807) is 0 Å². The number of rotatable bonds is 4. The third-order valence-corrected chi connectivity index (χ3v) is 2.82. The topological polar surface area (TPSA) is 50.7 Å². The zero-order chi connectivity index (χ0) is 13.0. The summed E-state index contributed by atoms with van der Waals surface area (Å²) in [7, 11) is 0. The number of nitrogens with zero attached hydrogens (tertiary/aromatic N) is 1. The first-order valence-electron chi connectivity index (χ1n) is 5.56. The summed E-state index contributed by atoms with van der Waals surface area (Å²) >= 11 is 3.18. The molecule has 0 aliphatic carbocycles. The lowest BCUT2D eigenvalue weighted by Crippen LogP contribution is -2.31. The SMILES string of the molecule is C=C(Br)CNC(=O)C1=NOC(c2ccccc2)C1. The van der Waals surface area contributed by atoms with Gasteiger partial charge in [-0.15, -0.1) is 0 Å². The number of amides is 1. The van der Waals surface area contributed by atoms with Gasteiger partial charge in [-0.2, -0.15) is 0 Å². The minimum Gasteiger partial charge on any atom is -0.387 e. The number of carbonyl (C=O) groups is 1. The predicted octanol–water partition coefficient (Wildman–Crippen LogP) is 2.53. The molecular formula is C13H13BrN2O2. The highest BCUT2D eigenvalue weighted by atomic mass is 79.9. The van der Waals surface area contributed by atoms with Crippen LogP contribution in [-0.2, 0) is 9.63 Å². The van der Waals surface area contributed by atoms with Gasteiger partial charge in [-0.1, -0.05) is 58.0 Å². The summed E-state index contributed by atoms with van der Waals surface area (Å²) in [5.41, 5.74) is 1.44. The molecule has 1 unspecified atom stereocenters. The normalized spacial score (nSPS) is 17.8. The molecule has 0 spiro atoms. The number of nitrogens with one attached hydrogen (secondary N) is 1. The molecule has 2 rings (SSSR count). The van der Waals surface area contributed by atoms with Crippen LogP contribution in [0.5, 0.6) is 0 Å². The monoisotopic (exact) mass is 308 g/mol. The second-order valence-electron chi connectivity index (χ2n) is 3.95. The van der Waals surface area contributed by atoms with Gasteiger partial charge in [0, 0.05) is 17.4 Å². The van der Waals surface area contributed by atoms with E-state index in [9.17, 15) is 4.79 Å². The van der Waals surface area contributed by atoms with Crippen molar-refractivity contribution in [2.24, 2.45) is 5.16 Å². The molecule has 1 aromatic rings. The summed E-state index contributed by atoms with van der Waals surface area (Å²) in [5.74, 6) is -0.214. The van der Waals surface area contributed by atoms with Gasteiger partial charge in [0.15, 0.2) is 6.10 Å². The van der Waals surface area contributed by atoms with Gasteiger partial charge in [0.1, 0.15) is 5.71 Å². The Morgan fingerprint density at radius 3 is 2.89 bits per heavy atom. The van der Waals surface area contributed by atoms with Crippen LogP contribution >= 0.6 is 15.9 Å². The lowest BCUT2D eigenvalue weighted by atomic mass is 10.0. The Morgan fingerprint density at radius 1 is 1.50 bits per heavy atom. The van der Waals surface area contributed by atoms with E-state index in [1.807, 2.05) is 30.3 Å². The van der Waals surface area contributed by atoms with E-state index < -0.39 is 0 Å². The van der Waals surface area contributed by atoms with Crippen LogP contribution < -0.4 is 5.32 Å². The van der Waals surface area contributed by atoms with Crippen molar-refractivity contribution in [3.8, 4) is 0 Å². The Morgan fingerprint density at radius 2 is 2.22 bits per heavy atom. The summed E-state index contributed by atoms with van der Waals surface area (Å²) in [5, 5.41) is 6.53. The molecule has 0 aromatic heterocycles. The summed E-state index contributed by atoms with van der Waals surface area (Å²) in [6, 6.07) is 9.73. The molecule has 0 saturated heterocycles. The predicted molar refractivity (Wildman–Crippen MR) is 73.4 cm³/mol. The van der Waals surface area contributed by atoms with Crippen LogP contribution in [-0.4, -0.2) is 18.2 Å². The molecular weight excluding hydrogens is 296 g/mol. The fraction of sp³-hybridized carbons (Fsp3) is 0.231. The van der Waals surface area contributed by atoms with Crippen molar-refractivity contribution in [2.75, 3.05) is 6.54 Å². The minimum atomic E-state index is -0.214. The average Bonchev–Trinajstić information content (AvgIpc) is 2.86. The summed E-state index contributed by atoms with van der Waals surface area (Å²) in [6.45, 7) is 4.03. The van der Waals surface area contributed by atoms with E-state index in [4.69, 9.17) is 4.84 Å². The van der Waals surface area contributed by atoms with Crippen LogP contribution in [0.15, 0.2) is 46.5 Å². The van der Waals surface area contributed by atoms with Crippen LogP contribution in [0.4, 0.5) is 0 Å². The van der Waals surface area contributed by atoms with E-state index >= 15 is 0 Å². The summed E-state index contributed by atoms with van der Waals surface area (Å²) in [4.78, 5) is 17.0. The zero-order valence-corrected chi connectivity index (χ0v) is 11.3. The quantitative estimate of drug-likeness (QED) is 0.929. The standard InChI is InChI=1S/C13H13BrN2O2/c1-9(14)8-15-13(17)11-7-12(18-16-11)10-5-3-2-4-6-10/h2-6,12H,1,7-8H2,(H,15,17). The number of halogens is 1. The van der Waals surface area contributed by atoms with Crippen LogP contribution in [0.1, 0.15) is 18.1 Å². The van der Waals surface area contributed by atoms with Crippen LogP contribution in [0.2, 0.25) is 0 Å². The van der Waals surface area contributed by atoms with Gasteiger partial charge in [-0.05, 0) is 5.56 Å². The van der Waals surface area contributed by atoms with Gasteiger partial charge >= 0.3 is 0 Å². The molecule has 1 heterocycles. The molecule has 1 aromatic carbocycles. The van der Waals surface area contributed by atoms with Crippen molar-refractivity contribution in [3.63, 3.8) is 0 Å². The Kier molecular flexibility index (Phi) is 4.15. The smallest absolute Gasteiger partial charge is 0.269 e. The highest BCUT2D eigenvalue weighted by Crippen LogP contribution is 2.26. The molecule has 0 bridgehead atoms. The number of oxime groups is 1. The molecule has 4 nitrogen and oxygen atoms in total. The highest BCUT2D eigenvalue weighted by Gasteiger charge is 2.26. The molecule has 94 valence electrons. The van der Waals surface area contributed by atoms with Crippen LogP contribution in [0, 0.1) is 0 Å².